The quantitative estimate of drug-likeness (QED) is 0.276. The van der Waals surface area contributed by atoms with Crippen LogP contribution in [0.15, 0.2) is 0 Å². The number of aliphatic hydroxyl groups excluding tert-OH is 2. The summed E-state index contributed by atoms with van der Waals surface area (Å²) in [5, 5.41) is 46.2. The van der Waals surface area contributed by atoms with Crippen LogP contribution in [-0.2, 0) is 38.0 Å². The Bertz CT molecular complexity index is 1250. The van der Waals surface area contributed by atoms with Crippen molar-refractivity contribution in [3.8, 4) is 0 Å². The van der Waals surface area contributed by atoms with E-state index in [2.05, 4.69) is 0 Å². The zero-order chi connectivity index (χ0) is 40.0. The van der Waals surface area contributed by atoms with Crippen LogP contribution in [0, 0.1) is 23.7 Å². The Hall–Kier alpha value is -1.11. The SMILES string of the molecule is CC[C@H]1OC(=O)[C@H](C)[C@@H](O[C@H]2C[C@@](C)(OC)[C@@H](O)[C@H](C)O2)[C@H](C)[C@@H](O[C@@H]2O[C@H](C)C[C@H](N(C)C)[C@H]2O)C(C)(O)C[C@@H](C)[C@H]2SC(=O)O[C@H]([C@H]2C)[C@]1(C)O. The molecule has 4 aliphatic heterocycles. The Kier molecular flexibility index (Phi) is 14.4. The van der Waals surface area contributed by atoms with E-state index in [0.717, 1.165) is 11.8 Å². The third kappa shape index (κ3) is 9.38. The average molecular weight is 778 g/mol. The van der Waals surface area contributed by atoms with Crippen LogP contribution in [0.25, 0.3) is 0 Å². The maximum Gasteiger partial charge on any atom is 0.367 e. The van der Waals surface area contributed by atoms with E-state index < -0.39 is 95.2 Å². The number of thioether (sulfide) groups is 1. The van der Waals surface area contributed by atoms with Gasteiger partial charge in [0.25, 0.3) is 0 Å². The number of hydrogen-bond acceptors (Lipinski definition) is 15. The topological polar surface area (TPSA) is 183 Å². The van der Waals surface area contributed by atoms with Gasteiger partial charge in [0.05, 0.1) is 41.5 Å². The maximum absolute atomic E-state index is 14.3. The van der Waals surface area contributed by atoms with E-state index in [1.165, 1.54) is 14.0 Å². The van der Waals surface area contributed by atoms with E-state index in [1.54, 1.807) is 34.6 Å². The molecule has 0 amide bonds. The predicted molar refractivity (Wildman–Crippen MR) is 197 cm³/mol. The number of nitrogens with zero attached hydrogens (tertiary/aromatic N) is 1. The summed E-state index contributed by atoms with van der Waals surface area (Å²) in [6.07, 6.45) is -8.17. The molecule has 4 N–H and O–H groups in total. The van der Waals surface area contributed by atoms with Gasteiger partial charge in [0.1, 0.15) is 30.0 Å². The number of cyclic esters (lactones) is 1. The van der Waals surface area contributed by atoms with E-state index >= 15 is 0 Å². The first kappa shape index (κ1) is 44.6. The zero-order valence-electron chi connectivity index (χ0n) is 33.9. The monoisotopic (exact) mass is 777 g/mol. The highest BCUT2D eigenvalue weighted by Crippen LogP contribution is 2.46. The van der Waals surface area contributed by atoms with Crippen LogP contribution in [0.4, 0.5) is 4.79 Å². The molecule has 4 fully saturated rings. The van der Waals surface area contributed by atoms with Gasteiger partial charge in [0.15, 0.2) is 12.6 Å². The third-order valence-electron chi connectivity index (χ3n) is 12.4. The van der Waals surface area contributed by atoms with E-state index in [0.29, 0.717) is 6.42 Å². The van der Waals surface area contributed by atoms with Crippen LogP contribution >= 0.6 is 11.8 Å². The first-order valence-electron chi connectivity index (χ1n) is 19.2. The van der Waals surface area contributed by atoms with E-state index in [1.807, 2.05) is 46.7 Å². The van der Waals surface area contributed by atoms with Gasteiger partial charge in [-0.3, -0.25) is 4.79 Å². The molecule has 308 valence electrons. The number of methoxy groups -OCH3 is 1. The minimum absolute atomic E-state index is 0.127. The molecule has 2 bridgehead atoms. The van der Waals surface area contributed by atoms with Gasteiger partial charge in [-0.2, -0.15) is 0 Å². The summed E-state index contributed by atoms with van der Waals surface area (Å²) in [5.41, 5.74) is -4.42. The normalized spacial score (nSPS) is 50.6. The van der Waals surface area contributed by atoms with Crippen molar-refractivity contribution in [2.45, 2.75) is 184 Å². The summed E-state index contributed by atoms with van der Waals surface area (Å²) in [7, 11) is 5.26. The molecule has 0 aromatic heterocycles. The molecule has 19 atom stereocenters. The molecule has 53 heavy (non-hydrogen) atoms. The Morgan fingerprint density at radius 3 is 2.15 bits per heavy atom. The first-order valence-corrected chi connectivity index (χ1v) is 20.1. The van der Waals surface area contributed by atoms with Gasteiger partial charge < -0.3 is 58.5 Å². The molecular formula is C38H67NO13S. The van der Waals surface area contributed by atoms with E-state index in [-0.39, 0.29) is 48.5 Å². The number of carbonyl (C=O) groups excluding carboxylic acids is 2. The Labute approximate surface area is 319 Å². The Morgan fingerprint density at radius 2 is 1.57 bits per heavy atom. The van der Waals surface area contributed by atoms with Crippen LogP contribution in [-0.4, -0.2) is 147 Å². The van der Waals surface area contributed by atoms with Gasteiger partial charge in [0.2, 0.25) is 0 Å². The Morgan fingerprint density at radius 1 is 0.925 bits per heavy atom. The molecule has 4 saturated heterocycles. The molecule has 0 spiro atoms. The van der Waals surface area contributed by atoms with Gasteiger partial charge >= 0.3 is 11.3 Å². The summed E-state index contributed by atoms with van der Waals surface area (Å²) in [5.74, 6) is -3.18. The summed E-state index contributed by atoms with van der Waals surface area (Å²) in [6, 6.07) is -0.293. The number of esters is 1. The van der Waals surface area contributed by atoms with Crippen LogP contribution in [0.5, 0.6) is 0 Å². The molecule has 4 aliphatic rings. The molecule has 0 saturated carbocycles. The van der Waals surface area contributed by atoms with Crippen molar-refractivity contribution >= 4 is 23.0 Å². The van der Waals surface area contributed by atoms with Crippen molar-refractivity contribution in [3.05, 3.63) is 0 Å². The molecule has 0 aromatic rings. The molecule has 0 aliphatic carbocycles. The van der Waals surface area contributed by atoms with Crippen LogP contribution in [0.2, 0.25) is 0 Å². The number of rotatable bonds is 7. The largest absolute Gasteiger partial charge is 0.459 e. The van der Waals surface area contributed by atoms with Crippen LogP contribution in [0.1, 0.15) is 94.9 Å². The summed E-state index contributed by atoms with van der Waals surface area (Å²) in [6.45, 7) is 17.6. The number of likely N-dealkylation sites (N-methyl/N-ethyl adjacent to an activating group) is 1. The number of aliphatic hydroxyl groups is 4. The lowest BCUT2D eigenvalue weighted by atomic mass is 9.74. The zero-order valence-corrected chi connectivity index (χ0v) is 34.7. The van der Waals surface area contributed by atoms with E-state index in [4.69, 9.17) is 33.2 Å². The van der Waals surface area contributed by atoms with Crippen molar-refractivity contribution in [1.29, 1.82) is 0 Å². The third-order valence-corrected chi connectivity index (χ3v) is 13.9. The average Bonchev–Trinajstić information content (AvgIpc) is 3.07. The van der Waals surface area contributed by atoms with Crippen molar-refractivity contribution in [2.24, 2.45) is 23.7 Å². The second-order valence-corrected chi connectivity index (χ2v) is 18.3. The van der Waals surface area contributed by atoms with Crippen LogP contribution < -0.4 is 0 Å². The number of carbonyl (C=O) groups is 2. The summed E-state index contributed by atoms with van der Waals surface area (Å²) >= 11 is 1.02. The van der Waals surface area contributed by atoms with Crippen LogP contribution in [0.3, 0.4) is 0 Å². The van der Waals surface area contributed by atoms with Crippen molar-refractivity contribution < 1.29 is 63.2 Å². The predicted octanol–water partition coefficient (Wildman–Crippen LogP) is 3.48. The highest BCUT2D eigenvalue weighted by molar-refractivity contribution is 8.13. The lowest BCUT2D eigenvalue weighted by molar-refractivity contribution is -0.318. The summed E-state index contributed by atoms with van der Waals surface area (Å²) < 4.78 is 43.4. The van der Waals surface area contributed by atoms with Crippen molar-refractivity contribution in [2.75, 3.05) is 21.2 Å². The lowest BCUT2D eigenvalue weighted by Gasteiger charge is -2.50. The standard InChI is InChI=1S/C38H67NO13S/c1-14-25-38(10,45)32-22(6)29(53-35(43)52-32)18(2)16-36(8,44)31(51-34-27(40)24(39(11)12)15-19(3)47-34)20(4)28(21(5)33(42)49-25)50-26-17-37(9,46-13)30(41)23(7)48-26/h18-32,34,40-41,44-45H,14-17H2,1-13H3/t18-,19-,20+,21-,22+,23+,24+,25-,26+,27-,28+,29-,30+,31-,32-,34+,36?,37-,38-/m1/s1. The number of fused-ring (bicyclic) bond motifs is 2. The van der Waals surface area contributed by atoms with Crippen molar-refractivity contribution in [3.63, 3.8) is 0 Å². The second kappa shape index (κ2) is 17.2. The van der Waals surface area contributed by atoms with Crippen molar-refractivity contribution in [1.82, 2.24) is 4.90 Å². The van der Waals surface area contributed by atoms with E-state index in [9.17, 15) is 30.0 Å². The highest BCUT2D eigenvalue weighted by atomic mass is 32.2. The lowest BCUT2D eigenvalue weighted by Crippen LogP contribution is -2.62. The maximum atomic E-state index is 14.3. The minimum Gasteiger partial charge on any atom is -0.459 e. The highest BCUT2D eigenvalue weighted by Gasteiger charge is 2.56. The summed E-state index contributed by atoms with van der Waals surface area (Å²) in [4.78, 5) is 29.3. The minimum atomic E-state index is -1.75. The van der Waals surface area contributed by atoms with Gasteiger partial charge in [0, 0.05) is 36.7 Å². The molecule has 0 aromatic carbocycles. The number of ether oxygens (including phenoxy) is 7. The van der Waals surface area contributed by atoms with Gasteiger partial charge in [-0.25, -0.2) is 4.79 Å². The fourth-order valence-corrected chi connectivity index (χ4v) is 10.3. The fraction of sp³-hybridized carbons (Fsp3) is 0.947. The smallest absolute Gasteiger partial charge is 0.367 e. The Balaban J connectivity index is 1.84. The molecule has 14 nitrogen and oxygen atoms in total. The van der Waals surface area contributed by atoms with Gasteiger partial charge in [-0.05, 0) is 92.6 Å². The molecule has 1 unspecified atom stereocenters. The molecule has 4 rings (SSSR count). The first-order chi connectivity index (χ1) is 24.5. The van der Waals surface area contributed by atoms with Gasteiger partial charge in [-0.15, -0.1) is 0 Å². The second-order valence-electron chi connectivity index (χ2n) is 17.1. The molecule has 0 radical (unpaired) electrons. The molecule has 15 heteroatoms. The fourth-order valence-electron chi connectivity index (χ4n) is 9.26. The van der Waals surface area contributed by atoms with Gasteiger partial charge in [-0.1, -0.05) is 27.7 Å². The molecule has 4 heterocycles. The number of hydrogen-bond donors (Lipinski definition) is 4. The molecular weight excluding hydrogens is 710 g/mol.